The van der Waals surface area contributed by atoms with E-state index in [-0.39, 0.29) is 38.2 Å². The highest BCUT2D eigenvalue weighted by Crippen LogP contribution is 2.19. The molecule has 0 radical (unpaired) electrons. The summed E-state index contributed by atoms with van der Waals surface area (Å²) in [6.07, 6.45) is 3.55. The molecule has 0 saturated heterocycles. The molecule has 0 bridgehead atoms. The summed E-state index contributed by atoms with van der Waals surface area (Å²) < 4.78 is 0. The van der Waals surface area contributed by atoms with Crippen LogP contribution >= 0.6 is 0 Å². The highest BCUT2D eigenvalue weighted by atomic mass is 16.4. The Morgan fingerprint density at radius 1 is 1.00 bits per heavy atom. The third-order valence-corrected chi connectivity index (χ3v) is 6.69. The number of imidazole rings is 1. The number of para-hydroxylation sites is 1. The molecule has 5 atom stereocenters. The third kappa shape index (κ3) is 9.54. The molecule has 13 N–H and O–H groups in total. The van der Waals surface area contributed by atoms with Crippen molar-refractivity contribution < 1.29 is 29.4 Å². The van der Waals surface area contributed by atoms with E-state index in [4.69, 9.17) is 17.2 Å². The van der Waals surface area contributed by atoms with E-state index in [1.807, 2.05) is 24.3 Å². The molecule has 0 aliphatic rings. The molecule has 3 rings (SSSR count). The molecule has 0 spiro atoms. The van der Waals surface area contributed by atoms with E-state index < -0.39 is 54.0 Å². The lowest BCUT2D eigenvalue weighted by atomic mass is 10.0. The zero-order valence-electron chi connectivity index (χ0n) is 23.6. The first-order chi connectivity index (χ1) is 20.5. The molecular weight excluding hydrogens is 560 g/mol. The fourth-order valence-electron chi connectivity index (χ4n) is 4.42. The molecule has 0 aliphatic heterocycles. The van der Waals surface area contributed by atoms with Crippen molar-refractivity contribution >= 4 is 40.6 Å². The van der Waals surface area contributed by atoms with Crippen molar-refractivity contribution in [1.82, 2.24) is 30.9 Å². The fraction of sp³-hybridized carbons (Fsp3) is 0.407. The van der Waals surface area contributed by atoms with E-state index in [0.29, 0.717) is 5.69 Å². The SMILES string of the molecule is CC(O)C(NC(=O)C(CCCN=C(N)N)NC(=O)C(N)Cc1c[nH]c2ccccc12)C(=O)NC(Cc1cnc[nH]1)C(=O)O. The molecule has 3 aromatic rings. The van der Waals surface area contributed by atoms with Crippen LogP contribution in [0.5, 0.6) is 0 Å². The van der Waals surface area contributed by atoms with Crippen molar-refractivity contribution in [3.63, 3.8) is 0 Å². The predicted octanol–water partition coefficient (Wildman–Crippen LogP) is -2.02. The number of guanidine groups is 1. The van der Waals surface area contributed by atoms with Crippen LogP contribution in [-0.4, -0.2) is 91.6 Å². The van der Waals surface area contributed by atoms with Crippen LogP contribution in [0.15, 0.2) is 48.0 Å². The first-order valence-corrected chi connectivity index (χ1v) is 13.6. The molecule has 2 aromatic heterocycles. The second-order valence-corrected chi connectivity index (χ2v) is 10.1. The summed E-state index contributed by atoms with van der Waals surface area (Å²) in [6, 6.07) is 2.45. The van der Waals surface area contributed by atoms with E-state index >= 15 is 0 Å². The van der Waals surface area contributed by atoms with E-state index in [0.717, 1.165) is 16.5 Å². The standard InChI is InChI=1S/C27H38N10O6/c1-14(38)22(25(41)36-21(26(42)43)10-16-12-31-13-34-16)37-24(40)20(7-4-8-32-27(29)30)35-23(39)18(28)9-15-11-33-19-6-3-2-5-17(15)19/h2-3,5-6,11-14,18,20-22,33,38H,4,7-10,28H2,1H3,(H,31,34)(H,35,39)(H,36,41)(H,37,40)(H,42,43)(H4,29,30,32). The van der Waals surface area contributed by atoms with Crippen molar-refractivity contribution in [2.24, 2.45) is 22.2 Å². The van der Waals surface area contributed by atoms with Crippen LogP contribution < -0.4 is 33.2 Å². The second kappa shape index (κ2) is 15.3. The summed E-state index contributed by atoms with van der Waals surface area (Å²) in [4.78, 5) is 64.8. The zero-order valence-corrected chi connectivity index (χ0v) is 23.6. The van der Waals surface area contributed by atoms with Crippen molar-refractivity contribution in [1.29, 1.82) is 0 Å². The Kier molecular flexibility index (Phi) is 11.6. The maximum Gasteiger partial charge on any atom is 0.326 e. The average molecular weight is 599 g/mol. The minimum atomic E-state index is -1.53. The molecule has 43 heavy (non-hydrogen) atoms. The Morgan fingerprint density at radius 2 is 1.72 bits per heavy atom. The topological polar surface area (TPSA) is 280 Å². The van der Waals surface area contributed by atoms with Gasteiger partial charge in [-0.3, -0.25) is 19.4 Å². The lowest BCUT2D eigenvalue weighted by molar-refractivity contribution is -0.143. The van der Waals surface area contributed by atoms with Crippen LogP contribution in [0.2, 0.25) is 0 Å². The number of amides is 3. The molecule has 5 unspecified atom stereocenters. The summed E-state index contributed by atoms with van der Waals surface area (Å²) in [5.74, 6) is -3.81. The van der Waals surface area contributed by atoms with Crippen LogP contribution in [0.1, 0.15) is 31.0 Å². The minimum absolute atomic E-state index is 0.0693. The number of rotatable bonds is 16. The number of aromatic amines is 2. The number of aliphatic hydroxyl groups excluding tert-OH is 1. The highest BCUT2D eigenvalue weighted by molar-refractivity contribution is 5.94. The largest absolute Gasteiger partial charge is 0.480 e. The van der Waals surface area contributed by atoms with Gasteiger partial charge in [-0.15, -0.1) is 0 Å². The van der Waals surface area contributed by atoms with Crippen molar-refractivity contribution in [3.05, 3.63) is 54.2 Å². The molecular formula is C27H38N10O6. The van der Waals surface area contributed by atoms with Gasteiger partial charge in [0.2, 0.25) is 17.7 Å². The quantitative estimate of drug-likeness (QED) is 0.0490. The number of nitrogens with zero attached hydrogens (tertiary/aromatic N) is 2. The van der Waals surface area contributed by atoms with Gasteiger partial charge < -0.3 is 53.3 Å². The van der Waals surface area contributed by atoms with E-state index in [9.17, 15) is 29.4 Å². The number of fused-ring (bicyclic) bond motifs is 1. The molecule has 16 nitrogen and oxygen atoms in total. The number of nitrogens with two attached hydrogens (primary N) is 3. The minimum Gasteiger partial charge on any atom is -0.480 e. The highest BCUT2D eigenvalue weighted by Gasteiger charge is 2.33. The number of carbonyl (C=O) groups excluding carboxylic acids is 3. The summed E-state index contributed by atoms with van der Waals surface area (Å²) in [5.41, 5.74) is 19.1. The van der Waals surface area contributed by atoms with Gasteiger partial charge in [0.25, 0.3) is 0 Å². The van der Waals surface area contributed by atoms with Crippen molar-refractivity contribution in [2.45, 2.75) is 62.9 Å². The predicted molar refractivity (Wildman–Crippen MR) is 157 cm³/mol. The van der Waals surface area contributed by atoms with Gasteiger partial charge in [-0.1, -0.05) is 18.2 Å². The number of aliphatic hydroxyl groups is 1. The molecule has 0 saturated carbocycles. The first-order valence-electron chi connectivity index (χ1n) is 13.6. The summed E-state index contributed by atoms with van der Waals surface area (Å²) in [6.45, 7) is 1.43. The number of carbonyl (C=O) groups is 4. The number of hydrogen-bond acceptors (Lipinski definition) is 8. The Hall–Kier alpha value is -4.96. The number of carboxylic acid groups (broad SMARTS) is 1. The van der Waals surface area contributed by atoms with E-state index in [1.54, 1.807) is 6.20 Å². The lowest BCUT2D eigenvalue weighted by Gasteiger charge is -2.26. The van der Waals surface area contributed by atoms with Gasteiger partial charge in [-0.25, -0.2) is 9.78 Å². The smallest absolute Gasteiger partial charge is 0.326 e. The molecule has 232 valence electrons. The second-order valence-electron chi connectivity index (χ2n) is 10.1. The van der Waals surface area contributed by atoms with Crippen LogP contribution in [0.4, 0.5) is 0 Å². The molecule has 2 heterocycles. The van der Waals surface area contributed by atoms with E-state index in [2.05, 4.69) is 35.9 Å². The first kappa shape index (κ1) is 32.6. The Morgan fingerprint density at radius 3 is 2.37 bits per heavy atom. The van der Waals surface area contributed by atoms with Crippen molar-refractivity contribution in [2.75, 3.05) is 6.54 Å². The molecule has 0 fully saturated rings. The summed E-state index contributed by atoms with van der Waals surface area (Å²) in [5, 5.41) is 28.2. The number of aromatic nitrogens is 3. The van der Waals surface area contributed by atoms with Crippen LogP contribution in [0, 0.1) is 0 Å². The molecule has 0 aliphatic carbocycles. The number of benzene rings is 1. The third-order valence-electron chi connectivity index (χ3n) is 6.69. The monoisotopic (exact) mass is 598 g/mol. The van der Waals surface area contributed by atoms with Gasteiger partial charge in [-0.2, -0.15) is 0 Å². The van der Waals surface area contributed by atoms with Gasteiger partial charge >= 0.3 is 5.97 Å². The zero-order chi connectivity index (χ0) is 31.5. The van der Waals surface area contributed by atoms with Gasteiger partial charge in [0.05, 0.1) is 18.5 Å². The van der Waals surface area contributed by atoms with Crippen LogP contribution in [0.3, 0.4) is 0 Å². The van der Waals surface area contributed by atoms with Gasteiger partial charge in [0.15, 0.2) is 5.96 Å². The normalized spacial score (nSPS) is 14.6. The molecule has 3 amide bonds. The van der Waals surface area contributed by atoms with E-state index in [1.165, 1.54) is 19.4 Å². The maximum atomic E-state index is 13.3. The summed E-state index contributed by atoms with van der Waals surface area (Å²) in [7, 11) is 0. The average Bonchev–Trinajstić information content (AvgIpc) is 3.62. The number of aliphatic carboxylic acids is 1. The Balaban J connectivity index is 1.70. The fourth-order valence-corrected chi connectivity index (χ4v) is 4.42. The number of nitrogens with one attached hydrogen (secondary N) is 5. The number of carboxylic acids is 1. The molecule has 1 aromatic carbocycles. The summed E-state index contributed by atoms with van der Waals surface area (Å²) >= 11 is 0. The number of aliphatic imine (C=N–C) groups is 1. The molecule has 16 heteroatoms. The van der Waals surface area contributed by atoms with Gasteiger partial charge in [0.1, 0.15) is 18.1 Å². The van der Waals surface area contributed by atoms with Crippen LogP contribution in [-0.2, 0) is 32.0 Å². The van der Waals surface area contributed by atoms with Gasteiger partial charge in [0, 0.05) is 42.0 Å². The Bertz CT molecular complexity index is 1420. The Labute approximate surface area is 246 Å². The van der Waals surface area contributed by atoms with Crippen LogP contribution in [0.25, 0.3) is 10.9 Å². The number of H-pyrrole nitrogens is 2. The maximum absolute atomic E-state index is 13.3. The van der Waals surface area contributed by atoms with Crippen molar-refractivity contribution in [3.8, 4) is 0 Å². The van der Waals surface area contributed by atoms with Gasteiger partial charge in [-0.05, 0) is 37.8 Å². The number of hydrogen-bond donors (Lipinski definition) is 10. The lowest BCUT2D eigenvalue weighted by Crippen LogP contribution is -2.60.